The fourth-order valence-corrected chi connectivity index (χ4v) is 2.63. The van der Waals surface area contributed by atoms with Crippen molar-refractivity contribution < 1.29 is 22.4 Å². The molecule has 1 saturated carbocycles. The lowest BCUT2D eigenvalue weighted by Crippen LogP contribution is -2.31. The second-order valence-electron chi connectivity index (χ2n) is 5.17. The molecule has 5 nitrogen and oxygen atoms in total. The van der Waals surface area contributed by atoms with Gasteiger partial charge in [-0.3, -0.25) is 0 Å². The molecule has 1 N–H and O–H groups in total. The van der Waals surface area contributed by atoms with Crippen LogP contribution in [0.15, 0.2) is 4.52 Å². The summed E-state index contributed by atoms with van der Waals surface area (Å²) >= 11 is 0. The molecule has 1 fully saturated rings. The molecule has 120 valence electrons. The van der Waals surface area contributed by atoms with Crippen molar-refractivity contribution in [3.8, 4) is 0 Å². The maximum atomic E-state index is 11.9. The molecule has 1 aromatic rings. The summed E-state index contributed by atoms with van der Waals surface area (Å²) < 4.78 is 45.6. The molecule has 2 unspecified atom stereocenters. The minimum absolute atomic E-state index is 0.0697. The summed E-state index contributed by atoms with van der Waals surface area (Å²) in [5, 5.41) is 7.21. The first-order valence-electron chi connectivity index (χ1n) is 7.20. The number of alkyl halides is 3. The van der Waals surface area contributed by atoms with Gasteiger partial charge in [-0.05, 0) is 19.4 Å². The summed E-state index contributed by atoms with van der Waals surface area (Å²) in [6.45, 7) is 1.61. The lowest BCUT2D eigenvalue weighted by atomic mass is 10.0. The maximum absolute atomic E-state index is 11.9. The van der Waals surface area contributed by atoms with Gasteiger partial charge in [0, 0.05) is 12.5 Å². The fraction of sp³-hybridized carbons (Fsp3) is 0.846. The Hall–Kier alpha value is -1.15. The minimum atomic E-state index is -4.30. The van der Waals surface area contributed by atoms with Gasteiger partial charge in [0.25, 0.3) is 0 Å². The Morgan fingerprint density at radius 1 is 1.38 bits per heavy atom. The molecule has 0 aliphatic heterocycles. The lowest BCUT2D eigenvalue weighted by molar-refractivity contribution is -0.173. The average Bonchev–Trinajstić information content (AvgIpc) is 3.02. The number of hydrogen-bond acceptors (Lipinski definition) is 5. The van der Waals surface area contributed by atoms with Crippen LogP contribution in [0.25, 0.3) is 0 Å². The van der Waals surface area contributed by atoms with Crippen molar-refractivity contribution in [2.75, 3.05) is 19.8 Å². The Bertz CT molecular complexity index is 437. The number of likely N-dealkylation sites (N-methyl/N-ethyl adjacent to an activating group) is 1. The first-order valence-corrected chi connectivity index (χ1v) is 7.20. The Morgan fingerprint density at radius 3 is 2.90 bits per heavy atom. The second kappa shape index (κ2) is 7.22. The van der Waals surface area contributed by atoms with Crippen molar-refractivity contribution >= 4 is 0 Å². The van der Waals surface area contributed by atoms with E-state index in [4.69, 9.17) is 4.52 Å². The van der Waals surface area contributed by atoms with E-state index in [-0.39, 0.29) is 18.9 Å². The van der Waals surface area contributed by atoms with E-state index in [2.05, 4.69) is 20.2 Å². The molecular formula is C13H20F3N3O2. The topological polar surface area (TPSA) is 60.2 Å². The number of nitrogens with zero attached hydrogens (tertiary/aromatic N) is 2. The van der Waals surface area contributed by atoms with Crippen LogP contribution < -0.4 is 5.32 Å². The van der Waals surface area contributed by atoms with Gasteiger partial charge in [-0.1, -0.05) is 18.5 Å². The van der Waals surface area contributed by atoms with E-state index in [1.807, 2.05) is 6.92 Å². The van der Waals surface area contributed by atoms with E-state index in [1.165, 1.54) is 0 Å². The molecule has 21 heavy (non-hydrogen) atoms. The molecule has 1 heterocycles. The molecule has 1 aromatic heterocycles. The highest BCUT2D eigenvalue weighted by Gasteiger charge is 2.32. The standard InChI is InChI=1S/C13H20F3N3O2/c1-2-17-10-5-3-4-9(10)12-18-11(19-21-12)6-7-20-8-13(14,15)16/h9-10,17H,2-8H2,1H3. The van der Waals surface area contributed by atoms with Gasteiger partial charge in [0.15, 0.2) is 5.82 Å². The SMILES string of the molecule is CCNC1CCCC1c1nc(CCOCC(F)(F)F)no1. The molecule has 8 heteroatoms. The van der Waals surface area contributed by atoms with Crippen molar-refractivity contribution in [3.63, 3.8) is 0 Å². The summed E-state index contributed by atoms with van der Waals surface area (Å²) in [6, 6.07) is 0.338. The number of aromatic nitrogens is 2. The molecule has 0 saturated heterocycles. The zero-order chi connectivity index (χ0) is 15.3. The molecule has 2 atom stereocenters. The quantitative estimate of drug-likeness (QED) is 0.784. The Labute approximate surface area is 121 Å². The van der Waals surface area contributed by atoms with Crippen molar-refractivity contribution in [1.29, 1.82) is 0 Å². The largest absolute Gasteiger partial charge is 0.411 e. The van der Waals surface area contributed by atoms with Gasteiger partial charge in [-0.25, -0.2) is 0 Å². The predicted molar refractivity (Wildman–Crippen MR) is 68.9 cm³/mol. The highest BCUT2D eigenvalue weighted by molar-refractivity contribution is 5.03. The van der Waals surface area contributed by atoms with Crippen LogP contribution in [0, 0.1) is 0 Å². The van der Waals surface area contributed by atoms with E-state index >= 15 is 0 Å². The smallest absolute Gasteiger partial charge is 0.372 e. The second-order valence-corrected chi connectivity index (χ2v) is 5.17. The third-order valence-corrected chi connectivity index (χ3v) is 3.52. The van der Waals surface area contributed by atoms with Crippen LogP contribution in [0.4, 0.5) is 13.2 Å². The molecule has 1 aliphatic rings. The van der Waals surface area contributed by atoms with Crippen molar-refractivity contribution in [2.24, 2.45) is 0 Å². The number of hydrogen-bond donors (Lipinski definition) is 1. The molecule has 2 rings (SSSR count). The van der Waals surface area contributed by atoms with E-state index in [9.17, 15) is 13.2 Å². The molecule has 1 aliphatic carbocycles. The van der Waals surface area contributed by atoms with Crippen LogP contribution in [0.3, 0.4) is 0 Å². The van der Waals surface area contributed by atoms with Crippen molar-refractivity contribution in [1.82, 2.24) is 15.5 Å². The monoisotopic (exact) mass is 307 g/mol. The zero-order valence-corrected chi connectivity index (χ0v) is 11.9. The number of rotatable bonds is 7. The van der Waals surface area contributed by atoms with Crippen LogP contribution in [0.5, 0.6) is 0 Å². The molecule has 0 radical (unpaired) electrons. The molecule has 0 spiro atoms. The van der Waals surface area contributed by atoms with E-state index in [1.54, 1.807) is 0 Å². The highest BCUT2D eigenvalue weighted by Crippen LogP contribution is 2.33. The van der Waals surface area contributed by atoms with Crippen molar-refractivity contribution in [3.05, 3.63) is 11.7 Å². The van der Waals surface area contributed by atoms with E-state index < -0.39 is 12.8 Å². The first-order chi connectivity index (χ1) is 9.99. The summed E-state index contributed by atoms with van der Waals surface area (Å²) in [7, 11) is 0. The lowest BCUT2D eigenvalue weighted by Gasteiger charge is -2.16. The van der Waals surface area contributed by atoms with Gasteiger partial charge < -0.3 is 14.6 Å². The van der Waals surface area contributed by atoms with Gasteiger partial charge in [-0.15, -0.1) is 0 Å². The van der Waals surface area contributed by atoms with E-state index in [0.717, 1.165) is 25.8 Å². The molecular weight excluding hydrogens is 287 g/mol. The first kappa shape index (κ1) is 16.2. The average molecular weight is 307 g/mol. The van der Waals surface area contributed by atoms with Crippen LogP contribution in [-0.2, 0) is 11.2 Å². The van der Waals surface area contributed by atoms with Gasteiger partial charge in [-0.2, -0.15) is 18.2 Å². The van der Waals surface area contributed by atoms with Crippen LogP contribution >= 0.6 is 0 Å². The summed E-state index contributed by atoms with van der Waals surface area (Å²) in [4.78, 5) is 4.28. The van der Waals surface area contributed by atoms with Gasteiger partial charge in [0.2, 0.25) is 5.89 Å². The third kappa shape index (κ3) is 4.96. The van der Waals surface area contributed by atoms with E-state index in [0.29, 0.717) is 17.8 Å². The maximum Gasteiger partial charge on any atom is 0.411 e. The molecule has 0 bridgehead atoms. The van der Waals surface area contributed by atoms with Crippen LogP contribution in [-0.4, -0.2) is 42.1 Å². The van der Waals surface area contributed by atoms with Crippen LogP contribution in [0.1, 0.15) is 43.8 Å². The van der Waals surface area contributed by atoms with Gasteiger partial charge in [0.05, 0.1) is 12.5 Å². The van der Waals surface area contributed by atoms with Crippen molar-refractivity contribution in [2.45, 2.75) is 50.7 Å². The Morgan fingerprint density at radius 2 is 2.19 bits per heavy atom. The highest BCUT2D eigenvalue weighted by atomic mass is 19.4. The van der Waals surface area contributed by atoms with Gasteiger partial charge in [0.1, 0.15) is 6.61 Å². The summed E-state index contributed by atoms with van der Waals surface area (Å²) in [6.07, 6.45) is -0.910. The third-order valence-electron chi connectivity index (χ3n) is 3.52. The molecule has 0 aromatic carbocycles. The summed E-state index contributed by atoms with van der Waals surface area (Å²) in [5.74, 6) is 1.17. The minimum Gasteiger partial charge on any atom is -0.372 e. The number of halogens is 3. The van der Waals surface area contributed by atoms with Crippen LogP contribution in [0.2, 0.25) is 0 Å². The van der Waals surface area contributed by atoms with Gasteiger partial charge >= 0.3 is 6.18 Å². The Kier molecular flexibility index (Phi) is 5.58. The molecule has 0 amide bonds. The summed E-state index contributed by atoms with van der Waals surface area (Å²) in [5.41, 5.74) is 0. The number of nitrogens with one attached hydrogen (secondary N) is 1. The predicted octanol–water partition coefficient (Wildman–Crippen LogP) is 2.44. The Balaban J connectivity index is 1.81. The number of ether oxygens (including phenoxy) is 1. The zero-order valence-electron chi connectivity index (χ0n) is 11.9. The fourth-order valence-electron chi connectivity index (χ4n) is 2.63. The normalized spacial score (nSPS) is 22.9.